The SMILES string of the molecule is C=CC(=O)N1CCCC1c1nc(-c2ccc(CC)cc2)c2c(N)nccn12. The molecule has 0 bridgehead atoms. The summed E-state index contributed by atoms with van der Waals surface area (Å²) in [7, 11) is 0. The Kier molecular flexibility index (Phi) is 4.39. The number of anilines is 1. The molecule has 1 saturated heterocycles. The van der Waals surface area contributed by atoms with Crippen molar-refractivity contribution >= 4 is 17.2 Å². The number of amides is 1. The first-order valence-corrected chi connectivity index (χ1v) is 9.28. The van der Waals surface area contributed by atoms with Crippen molar-refractivity contribution in [2.24, 2.45) is 0 Å². The molecule has 0 spiro atoms. The highest BCUT2D eigenvalue weighted by atomic mass is 16.2. The lowest BCUT2D eigenvalue weighted by atomic mass is 10.1. The van der Waals surface area contributed by atoms with E-state index in [0.717, 1.165) is 41.9 Å². The molecule has 0 saturated carbocycles. The number of hydrogen-bond acceptors (Lipinski definition) is 4. The highest BCUT2D eigenvalue weighted by molar-refractivity contribution is 5.88. The molecule has 0 radical (unpaired) electrons. The average molecular weight is 361 g/mol. The summed E-state index contributed by atoms with van der Waals surface area (Å²) in [6, 6.07) is 8.26. The summed E-state index contributed by atoms with van der Waals surface area (Å²) < 4.78 is 1.98. The summed E-state index contributed by atoms with van der Waals surface area (Å²) >= 11 is 0. The van der Waals surface area contributed by atoms with Crippen LogP contribution in [0.25, 0.3) is 16.8 Å². The van der Waals surface area contributed by atoms with Gasteiger partial charge in [-0.25, -0.2) is 9.97 Å². The number of fused-ring (bicyclic) bond motifs is 1. The normalized spacial score (nSPS) is 16.8. The van der Waals surface area contributed by atoms with Crippen molar-refractivity contribution in [3.63, 3.8) is 0 Å². The molecule has 0 aliphatic carbocycles. The summed E-state index contributed by atoms with van der Waals surface area (Å²) in [4.78, 5) is 23.3. The van der Waals surface area contributed by atoms with Crippen molar-refractivity contribution in [2.45, 2.75) is 32.2 Å². The van der Waals surface area contributed by atoms with Crippen LogP contribution in [0.5, 0.6) is 0 Å². The molecule has 1 aromatic carbocycles. The number of carbonyl (C=O) groups excluding carboxylic acids is 1. The van der Waals surface area contributed by atoms with Crippen molar-refractivity contribution < 1.29 is 4.79 Å². The van der Waals surface area contributed by atoms with E-state index >= 15 is 0 Å². The maximum atomic E-state index is 12.3. The molecule has 4 rings (SSSR count). The molecule has 2 aromatic heterocycles. The quantitative estimate of drug-likeness (QED) is 0.723. The monoisotopic (exact) mass is 361 g/mol. The van der Waals surface area contributed by atoms with Crippen LogP contribution < -0.4 is 5.73 Å². The van der Waals surface area contributed by atoms with Crippen molar-refractivity contribution in [1.29, 1.82) is 0 Å². The molecule has 1 amide bonds. The fraction of sp³-hybridized carbons (Fsp3) is 0.286. The van der Waals surface area contributed by atoms with Crippen LogP contribution in [0.1, 0.15) is 37.2 Å². The number of nitrogens with two attached hydrogens (primary N) is 1. The Morgan fingerprint density at radius 3 is 2.85 bits per heavy atom. The third-order valence-corrected chi connectivity index (χ3v) is 5.25. The molecule has 138 valence electrons. The number of nitrogen functional groups attached to an aromatic ring is 1. The van der Waals surface area contributed by atoms with E-state index in [9.17, 15) is 4.79 Å². The number of imidazole rings is 1. The first kappa shape index (κ1) is 17.3. The van der Waals surface area contributed by atoms with E-state index in [2.05, 4.69) is 42.8 Å². The lowest BCUT2D eigenvalue weighted by molar-refractivity contribution is -0.127. The van der Waals surface area contributed by atoms with Crippen LogP contribution in [0.15, 0.2) is 49.3 Å². The highest BCUT2D eigenvalue weighted by Crippen LogP contribution is 2.36. The highest BCUT2D eigenvalue weighted by Gasteiger charge is 2.33. The van der Waals surface area contributed by atoms with Gasteiger partial charge in [-0.05, 0) is 30.9 Å². The van der Waals surface area contributed by atoms with Gasteiger partial charge in [0.15, 0.2) is 0 Å². The second-order valence-corrected chi connectivity index (χ2v) is 6.79. The molecule has 1 atom stereocenters. The third kappa shape index (κ3) is 2.87. The van der Waals surface area contributed by atoms with Gasteiger partial charge in [-0.3, -0.25) is 9.20 Å². The molecule has 2 N–H and O–H groups in total. The van der Waals surface area contributed by atoms with Crippen LogP contribution in [0.4, 0.5) is 5.82 Å². The zero-order chi connectivity index (χ0) is 19.0. The first-order valence-electron chi connectivity index (χ1n) is 9.28. The zero-order valence-electron chi connectivity index (χ0n) is 15.4. The summed E-state index contributed by atoms with van der Waals surface area (Å²) in [5, 5.41) is 0. The molecule has 1 fully saturated rings. The van der Waals surface area contributed by atoms with Crippen LogP contribution in [-0.2, 0) is 11.2 Å². The Balaban J connectivity index is 1.88. The maximum Gasteiger partial charge on any atom is 0.246 e. The topological polar surface area (TPSA) is 76.5 Å². The summed E-state index contributed by atoms with van der Waals surface area (Å²) in [6.45, 7) is 6.48. The zero-order valence-corrected chi connectivity index (χ0v) is 15.4. The van der Waals surface area contributed by atoms with Gasteiger partial charge in [0, 0.05) is 24.5 Å². The van der Waals surface area contributed by atoms with Gasteiger partial charge < -0.3 is 10.6 Å². The van der Waals surface area contributed by atoms with Gasteiger partial charge >= 0.3 is 0 Å². The minimum atomic E-state index is -0.0894. The van der Waals surface area contributed by atoms with Gasteiger partial charge in [-0.1, -0.05) is 37.8 Å². The number of rotatable bonds is 4. The molecule has 1 aliphatic rings. The second kappa shape index (κ2) is 6.87. The van der Waals surface area contributed by atoms with Gasteiger partial charge in [0.1, 0.15) is 22.9 Å². The van der Waals surface area contributed by atoms with E-state index in [1.54, 1.807) is 6.20 Å². The van der Waals surface area contributed by atoms with E-state index < -0.39 is 0 Å². The lowest BCUT2D eigenvalue weighted by Crippen LogP contribution is -2.29. The Hall–Kier alpha value is -3.15. The maximum absolute atomic E-state index is 12.3. The van der Waals surface area contributed by atoms with Crippen LogP contribution in [-0.4, -0.2) is 31.7 Å². The average Bonchev–Trinajstić information content (AvgIpc) is 3.33. The van der Waals surface area contributed by atoms with Crippen LogP contribution in [0.3, 0.4) is 0 Å². The van der Waals surface area contributed by atoms with Gasteiger partial charge in [0.25, 0.3) is 0 Å². The lowest BCUT2D eigenvalue weighted by Gasteiger charge is -2.22. The predicted molar refractivity (Wildman–Crippen MR) is 106 cm³/mol. The Labute approximate surface area is 158 Å². The van der Waals surface area contributed by atoms with Gasteiger partial charge in [0.2, 0.25) is 5.91 Å². The second-order valence-electron chi connectivity index (χ2n) is 6.79. The number of aromatic nitrogens is 3. The van der Waals surface area contributed by atoms with Crippen molar-refractivity contribution in [3.8, 4) is 11.3 Å². The predicted octanol–water partition coefficient (Wildman–Crippen LogP) is 3.39. The first-order chi connectivity index (χ1) is 13.1. The number of hydrogen-bond donors (Lipinski definition) is 1. The largest absolute Gasteiger partial charge is 0.382 e. The molecule has 6 heteroatoms. The molecule has 1 unspecified atom stereocenters. The summed E-state index contributed by atoms with van der Waals surface area (Å²) in [6.07, 6.45) is 7.71. The minimum Gasteiger partial charge on any atom is -0.382 e. The van der Waals surface area contributed by atoms with E-state index in [1.165, 1.54) is 11.6 Å². The standard InChI is InChI=1S/C21H23N5O/c1-3-14-7-9-15(10-8-14)18-19-20(22)23-11-13-26(19)21(24-18)16-6-5-12-25(16)17(27)4-2/h4,7-11,13,16H,2-3,5-6,12H2,1H3,(H2,22,23). The van der Waals surface area contributed by atoms with Gasteiger partial charge in [-0.15, -0.1) is 0 Å². The van der Waals surface area contributed by atoms with Crippen LogP contribution in [0, 0.1) is 0 Å². The Morgan fingerprint density at radius 2 is 2.15 bits per heavy atom. The van der Waals surface area contributed by atoms with E-state index in [-0.39, 0.29) is 11.9 Å². The van der Waals surface area contributed by atoms with Crippen molar-refractivity contribution in [1.82, 2.24) is 19.3 Å². The summed E-state index contributed by atoms with van der Waals surface area (Å²) in [5.41, 5.74) is 10.1. The number of likely N-dealkylation sites (tertiary alicyclic amines) is 1. The summed E-state index contributed by atoms with van der Waals surface area (Å²) in [5.74, 6) is 1.19. The van der Waals surface area contributed by atoms with E-state index in [1.807, 2.05) is 15.5 Å². The Bertz CT molecular complexity index is 1010. The van der Waals surface area contributed by atoms with E-state index in [0.29, 0.717) is 12.4 Å². The minimum absolute atomic E-state index is 0.0647. The number of nitrogens with zero attached hydrogens (tertiary/aromatic N) is 4. The molecular formula is C21H23N5O. The molecule has 1 aliphatic heterocycles. The fourth-order valence-electron chi connectivity index (χ4n) is 3.84. The number of aryl methyl sites for hydroxylation is 1. The van der Waals surface area contributed by atoms with Gasteiger partial charge in [-0.2, -0.15) is 0 Å². The Morgan fingerprint density at radius 1 is 1.37 bits per heavy atom. The molecule has 6 nitrogen and oxygen atoms in total. The molecule has 3 heterocycles. The van der Waals surface area contributed by atoms with E-state index in [4.69, 9.17) is 10.7 Å². The molecular weight excluding hydrogens is 338 g/mol. The fourth-order valence-corrected chi connectivity index (χ4v) is 3.84. The third-order valence-electron chi connectivity index (χ3n) is 5.25. The van der Waals surface area contributed by atoms with Crippen LogP contribution >= 0.6 is 0 Å². The smallest absolute Gasteiger partial charge is 0.246 e. The van der Waals surface area contributed by atoms with Crippen LogP contribution in [0.2, 0.25) is 0 Å². The van der Waals surface area contributed by atoms with Gasteiger partial charge in [0.05, 0.1) is 6.04 Å². The number of benzene rings is 1. The van der Waals surface area contributed by atoms with Crippen molar-refractivity contribution in [2.75, 3.05) is 12.3 Å². The molecule has 27 heavy (non-hydrogen) atoms. The molecule has 3 aromatic rings. The number of carbonyl (C=O) groups is 1. The van der Waals surface area contributed by atoms with Crippen molar-refractivity contribution in [3.05, 3.63) is 60.7 Å².